The van der Waals surface area contributed by atoms with Crippen molar-refractivity contribution in [3.63, 3.8) is 0 Å². The minimum Gasteiger partial charge on any atom is -0.486 e. The maximum absolute atomic E-state index is 5.87. The number of H-pyrrole nitrogens is 1. The van der Waals surface area contributed by atoms with Crippen LogP contribution in [0, 0.1) is 5.41 Å². The molecule has 0 spiro atoms. The van der Waals surface area contributed by atoms with E-state index in [1.165, 1.54) is 5.56 Å². The lowest BCUT2D eigenvalue weighted by Gasteiger charge is -2.35. The minimum absolute atomic E-state index is 0.164. The number of hydrogen-bond donors (Lipinski definition) is 1. The Morgan fingerprint density at radius 2 is 1.78 bits per heavy atom. The lowest BCUT2D eigenvalue weighted by atomic mass is 9.69. The molecule has 1 unspecified atom stereocenters. The molecule has 0 aliphatic carbocycles. The Kier molecular flexibility index (Phi) is 5.35. The van der Waals surface area contributed by atoms with Crippen LogP contribution in [-0.2, 0) is 12.0 Å². The Balaban J connectivity index is 1.64. The highest BCUT2D eigenvalue weighted by Gasteiger charge is 2.30. The zero-order valence-electron chi connectivity index (χ0n) is 16.7. The molecule has 3 aromatic rings. The Hall–Kier alpha value is -2.63. The van der Waals surface area contributed by atoms with Gasteiger partial charge in [-0.25, -0.2) is 0 Å². The highest BCUT2D eigenvalue weighted by Crippen LogP contribution is 2.39. The third kappa shape index (κ3) is 4.76. The van der Waals surface area contributed by atoms with Crippen molar-refractivity contribution in [1.29, 1.82) is 0 Å². The van der Waals surface area contributed by atoms with E-state index in [4.69, 9.17) is 9.15 Å². The van der Waals surface area contributed by atoms with E-state index in [-0.39, 0.29) is 10.8 Å². The zero-order chi connectivity index (χ0) is 19.5. The monoisotopic (exact) mass is 368 g/mol. The van der Waals surface area contributed by atoms with Gasteiger partial charge in [0.15, 0.2) is 5.76 Å². The fraction of sp³-hybridized carbons (Fsp3) is 0.476. The minimum atomic E-state index is 0.164. The summed E-state index contributed by atoms with van der Waals surface area (Å²) in [6.45, 7) is 11.8. The average molecular weight is 368 g/mol. The molecule has 1 N–H and O–H groups in total. The number of tetrazole rings is 1. The summed E-state index contributed by atoms with van der Waals surface area (Å²) < 4.78 is 11.6. The van der Waals surface area contributed by atoms with E-state index in [9.17, 15) is 0 Å². The number of hydrogen-bond acceptors (Lipinski definition) is 5. The summed E-state index contributed by atoms with van der Waals surface area (Å²) in [5, 5.41) is 13.7. The normalized spacial score (nSPS) is 14.1. The first kappa shape index (κ1) is 19.1. The van der Waals surface area contributed by atoms with Crippen molar-refractivity contribution >= 4 is 0 Å². The molecular formula is C21H28N4O2. The van der Waals surface area contributed by atoms with Gasteiger partial charge in [-0.2, -0.15) is 5.21 Å². The molecular weight excluding hydrogens is 340 g/mol. The first-order valence-electron chi connectivity index (χ1n) is 9.35. The third-order valence-corrected chi connectivity index (χ3v) is 4.86. The second-order valence-electron chi connectivity index (χ2n) is 8.47. The van der Waals surface area contributed by atoms with Crippen molar-refractivity contribution in [1.82, 2.24) is 20.6 Å². The predicted octanol–water partition coefficient (Wildman–Crippen LogP) is 5.14. The molecule has 0 radical (unpaired) electrons. The standard InChI is InChI=1S/C21H28N4O2/c1-6-21(5,14-20(2,3)4)15-7-9-16(10-8-15)26-13-17-11-12-18(27-17)19-22-24-25-23-19/h7-12H,6,13-14H2,1-5H3,(H,22,23,24,25). The van der Waals surface area contributed by atoms with Crippen LogP contribution in [0.25, 0.3) is 11.6 Å². The van der Waals surface area contributed by atoms with E-state index < -0.39 is 0 Å². The van der Waals surface area contributed by atoms with Gasteiger partial charge in [-0.3, -0.25) is 0 Å². The molecule has 27 heavy (non-hydrogen) atoms. The molecule has 6 heteroatoms. The van der Waals surface area contributed by atoms with Crippen LogP contribution >= 0.6 is 0 Å². The third-order valence-electron chi connectivity index (χ3n) is 4.86. The van der Waals surface area contributed by atoms with Crippen molar-refractivity contribution in [3.8, 4) is 17.3 Å². The van der Waals surface area contributed by atoms with Crippen LogP contribution in [0.3, 0.4) is 0 Å². The molecule has 144 valence electrons. The van der Waals surface area contributed by atoms with Crippen LogP contribution in [0.5, 0.6) is 5.75 Å². The summed E-state index contributed by atoms with van der Waals surface area (Å²) in [5.74, 6) is 2.54. The van der Waals surface area contributed by atoms with Gasteiger partial charge in [0, 0.05) is 0 Å². The number of benzene rings is 1. The molecule has 2 aromatic heterocycles. The molecule has 0 aliphatic heterocycles. The van der Waals surface area contributed by atoms with Crippen LogP contribution in [0.4, 0.5) is 0 Å². The maximum Gasteiger partial charge on any atom is 0.239 e. The van der Waals surface area contributed by atoms with Gasteiger partial charge in [-0.1, -0.05) is 46.8 Å². The van der Waals surface area contributed by atoms with Gasteiger partial charge < -0.3 is 9.15 Å². The van der Waals surface area contributed by atoms with Crippen LogP contribution in [0.2, 0.25) is 0 Å². The number of ether oxygens (including phenoxy) is 1. The zero-order valence-corrected chi connectivity index (χ0v) is 16.7. The van der Waals surface area contributed by atoms with Crippen LogP contribution in [-0.4, -0.2) is 20.6 Å². The SMILES string of the molecule is CCC(C)(CC(C)(C)C)c1ccc(OCc2ccc(-c3nn[nH]n3)o2)cc1. The van der Waals surface area contributed by atoms with Crippen LogP contribution in [0.15, 0.2) is 40.8 Å². The predicted molar refractivity (Wildman–Crippen MR) is 104 cm³/mol. The van der Waals surface area contributed by atoms with E-state index in [2.05, 4.69) is 67.4 Å². The van der Waals surface area contributed by atoms with E-state index in [1.807, 2.05) is 24.3 Å². The van der Waals surface area contributed by atoms with Gasteiger partial charge in [0.25, 0.3) is 0 Å². The first-order chi connectivity index (χ1) is 12.8. The number of rotatable bonds is 7. The number of aromatic nitrogens is 4. The molecule has 1 atom stereocenters. The number of nitrogens with one attached hydrogen (secondary N) is 1. The Morgan fingerprint density at radius 1 is 1.04 bits per heavy atom. The quantitative estimate of drug-likeness (QED) is 0.624. The van der Waals surface area contributed by atoms with Crippen molar-refractivity contribution in [2.45, 2.75) is 59.5 Å². The molecule has 0 saturated carbocycles. The van der Waals surface area contributed by atoms with Gasteiger partial charge >= 0.3 is 0 Å². The van der Waals surface area contributed by atoms with Gasteiger partial charge in [0.1, 0.15) is 18.1 Å². The van der Waals surface area contributed by atoms with Gasteiger partial charge in [-0.15, -0.1) is 10.2 Å². The lowest BCUT2D eigenvalue weighted by molar-refractivity contribution is 0.259. The van der Waals surface area contributed by atoms with Crippen molar-refractivity contribution in [2.24, 2.45) is 5.41 Å². The fourth-order valence-corrected chi connectivity index (χ4v) is 3.55. The Labute approximate surface area is 160 Å². The molecule has 6 nitrogen and oxygen atoms in total. The topological polar surface area (TPSA) is 76.8 Å². The van der Waals surface area contributed by atoms with Crippen LogP contribution in [0.1, 0.15) is 58.8 Å². The van der Waals surface area contributed by atoms with Crippen molar-refractivity contribution in [3.05, 3.63) is 47.7 Å². The Bertz CT molecular complexity index is 847. The van der Waals surface area contributed by atoms with E-state index in [0.29, 0.717) is 24.0 Å². The summed E-state index contributed by atoms with van der Waals surface area (Å²) >= 11 is 0. The number of nitrogens with zero attached hydrogens (tertiary/aromatic N) is 3. The largest absolute Gasteiger partial charge is 0.486 e. The second-order valence-corrected chi connectivity index (χ2v) is 8.47. The fourth-order valence-electron chi connectivity index (χ4n) is 3.55. The molecule has 3 rings (SSSR count). The molecule has 1 aromatic carbocycles. The molecule has 2 heterocycles. The highest BCUT2D eigenvalue weighted by molar-refractivity contribution is 5.45. The molecule has 0 saturated heterocycles. The van der Waals surface area contributed by atoms with Crippen molar-refractivity contribution < 1.29 is 9.15 Å². The average Bonchev–Trinajstić information content (AvgIpc) is 3.30. The summed E-state index contributed by atoms with van der Waals surface area (Å²) in [5.41, 5.74) is 1.80. The Morgan fingerprint density at radius 3 is 2.37 bits per heavy atom. The number of furan rings is 1. The van der Waals surface area contributed by atoms with E-state index in [1.54, 1.807) is 0 Å². The molecule has 0 aliphatic rings. The van der Waals surface area contributed by atoms with Gasteiger partial charge in [-0.05, 0) is 58.7 Å². The molecule has 0 fully saturated rings. The summed E-state index contributed by atoms with van der Waals surface area (Å²) in [6.07, 6.45) is 2.25. The highest BCUT2D eigenvalue weighted by atomic mass is 16.5. The van der Waals surface area contributed by atoms with E-state index >= 15 is 0 Å². The second kappa shape index (κ2) is 7.55. The number of aromatic amines is 1. The van der Waals surface area contributed by atoms with Gasteiger partial charge in [0.05, 0.1) is 0 Å². The van der Waals surface area contributed by atoms with Gasteiger partial charge in [0.2, 0.25) is 5.82 Å². The first-order valence-corrected chi connectivity index (χ1v) is 9.35. The summed E-state index contributed by atoms with van der Waals surface area (Å²) in [7, 11) is 0. The smallest absolute Gasteiger partial charge is 0.239 e. The summed E-state index contributed by atoms with van der Waals surface area (Å²) in [6, 6.07) is 12.1. The molecule has 0 bridgehead atoms. The molecule has 0 amide bonds. The summed E-state index contributed by atoms with van der Waals surface area (Å²) in [4.78, 5) is 0. The lowest BCUT2D eigenvalue weighted by Crippen LogP contribution is -2.27. The van der Waals surface area contributed by atoms with Crippen LogP contribution < -0.4 is 4.74 Å². The van der Waals surface area contributed by atoms with Crippen molar-refractivity contribution in [2.75, 3.05) is 0 Å². The van der Waals surface area contributed by atoms with E-state index in [0.717, 1.165) is 18.6 Å². The maximum atomic E-state index is 5.87.